The van der Waals surface area contributed by atoms with Crippen LogP contribution < -0.4 is 0 Å². The van der Waals surface area contributed by atoms with Crippen molar-refractivity contribution in [2.75, 3.05) is 7.05 Å². The SMILES string of the molecule is CN1C(=O)c2cc(-c3ccccc3)cn2-c2cc(-c3ccncc3)ccc2C12CC2. The van der Waals surface area contributed by atoms with Gasteiger partial charge in [-0.15, -0.1) is 0 Å². The van der Waals surface area contributed by atoms with Gasteiger partial charge in [0.1, 0.15) is 5.69 Å². The molecule has 0 bridgehead atoms. The lowest BCUT2D eigenvalue weighted by atomic mass is 9.97. The van der Waals surface area contributed by atoms with Crippen LogP contribution in [0.5, 0.6) is 0 Å². The van der Waals surface area contributed by atoms with E-state index in [2.05, 4.69) is 46.1 Å². The van der Waals surface area contributed by atoms with Crippen LogP contribution in [0, 0.1) is 0 Å². The first-order chi connectivity index (χ1) is 14.7. The Labute approximate surface area is 175 Å². The maximum Gasteiger partial charge on any atom is 0.271 e. The number of aromatic nitrogens is 2. The molecule has 1 saturated carbocycles. The lowest BCUT2D eigenvalue weighted by molar-refractivity contribution is 0.0705. The number of pyridine rings is 1. The molecule has 0 unspecified atom stereocenters. The van der Waals surface area contributed by atoms with Crippen molar-refractivity contribution in [2.45, 2.75) is 18.4 Å². The maximum atomic E-state index is 13.5. The van der Waals surface area contributed by atoms with Gasteiger partial charge in [0, 0.05) is 36.8 Å². The van der Waals surface area contributed by atoms with Crippen LogP contribution in [0.2, 0.25) is 0 Å². The molecule has 4 heteroatoms. The molecule has 2 aliphatic rings. The molecule has 4 nitrogen and oxygen atoms in total. The number of amides is 1. The first-order valence-electron chi connectivity index (χ1n) is 10.3. The Balaban J connectivity index is 1.60. The first kappa shape index (κ1) is 17.2. The van der Waals surface area contributed by atoms with Crippen LogP contribution in [0.3, 0.4) is 0 Å². The molecule has 0 radical (unpaired) electrons. The van der Waals surface area contributed by atoms with Crippen molar-refractivity contribution in [2.24, 2.45) is 0 Å². The molecule has 1 fully saturated rings. The van der Waals surface area contributed by atoms with Crippen LogP contribution in [0.25, 0.3) is 27.9 Å². The second kappa shape index (κ2) is 6.17. The minimum Gasteiger partial charge on any atom is -0.331 e. The fourth-order valence-corrected chi connectivity index (χ4v) is 4.73. The smallest absolute Gasteiger partial charge is 0.271 e. The summed E-state index contributed by atoms with van der Waals surface area (Å²) in [4.78, 5) is 19.5. The van der Waals surface area contributed by atoms with Crippen LogP contribution in [0.4, 0.5) is 0 Å². The van der Waals surface area contributed by atoms with Crippen molar-refractivity contribution in [1.29, 1.82) is 0 Å². The number of carbonyl (C=O) groups is 1. The number of hydrogen-bond donors (Lipinski definition) is 0. The zero-order chi connectivity index (χ0) is 20.3. The Morgan fingerprint density at radius 2 is 1.57 bits per heavy atom. The van der Waals surface area contributed by atoms with Crippen LogP contribution in [0.1, 0.15) is 28.9 Å². The maximum absolute atomic E-state index is 13.5. The molecule has 3 heterocycles. The fourth-order valence-electron chi connectivity index (χ4n) is 4.73. The molecule has 4 aromatic rings. The molecule has 1 spiro atoms. The Bertz CT molecular complexity index is 1270. The molecule has 2 aromatic carbocycles. The molecule has 6 rings (SSSR count). The van der Waals surface area contributed by atoms with Crippen LogP contribution >= 0.6 is 0 Å². The van der Waals surface area contributed by atoms with Gasteiger partial charge in [0.25, 0.3) is 5.91 Å². The molecule has 1 amide bonds. The van der Waals surface area contributed by atoms with Crippen molar-refractivity contribution in [3.8, 4) is 27.9 Å². The average Bonchev–Trinajstić information content (AvgIpc) is 3.50. The van der Waals surface area contributed by atoms with Crippen molar-refractivity contribution < 1.29 is 4.79 Å². The quantitative estimate of drug-likeness (QED) is 0.466. The number of carbonyl (C=O) groups excluding carboxylic acids is 1. The summed E-state index contributed by atoms with van der Waals surface area (Å²) in [5, 5.41) is 0. The Morgan fingerprint density at radius 1 is 0.833 bits per heavy atom. The van der Waals surface area contributed by atoms with Crippen molar-refractivity contribution in [1.82, 2.24) is 14.5 Å². The normalized spacial score (nSPS) is 16.2. The monoisotopic (exact) mass is 391 g/mol. The predicted octanol–water partition coefficient (Wildman–Crippen LogP) is 5.28. The fraction of sp³-hybridized carbons (Fsp3) is 0.154. The van der Waals surface area contributed by atoms with Gasteiger partial charge in [-0.05, 0) is 53.8 Å². The third-order valence-corrected chi connectivity index (χ3v) is 6.59. The predicted molar refractivity (Wildman–Crippen MR) is 117 cm³/mol. The highest BCUT2D eigenvalue weighted by atomic mass is 16.2. The zero-order valence-electron chi connectivity index (χ0n) is 16.7. The molecule has 146 valence electrons. The molecule has 0 saturated heterocycles. The molecular formula is C26H21N3O. The van der Waals surface area contributed by atoms with E-state index in [0.717, 1.165) is 40.8 Å². The van der Waals surface area contributed by atoms with E-state index in [4.69, 9.17) is 0 Å². The van der Waals surface area contributed by atoms with Gasteiger partial charge < -0.3 is 9.47 Å². The highest BCUT2D eigenvalue weighted by molar-refractivity contribution is 5.97. The minimum absolute atomic E-state index is 0.0799. The van der Waals surface area contributed by atoms with E-state index in [0.29, 0.717) is 5.69 Å². The molecule has 1 aliphatic heterocycles. The van der Waals surface area contributed by atoms with Gasteiger partial charge in [-0.1, -0.05) is 42.5 Å². The van der Waals surface area contributed by atoms with Crippen LogP contribution in [-0.2, 0) is 5.54 Å². The molecule has 2 aromatic heterocycles. The lowest BCUT2D eigenvalue weighted by Crippen LogP contribution is -2.36. The van der Waals surface area contributed by atoms with Crippen LogP contribution in [-0.4, -0.2) is 27.4 Å². The summed E-state index contributed by atoms with van der Waals surface area (Å²) in [6.45, 7) is 0. The van der Waals surface area contributed by atoms with Gasteiger partial charge in [0.05, 0.1) is 11.2 Å². The summed E-state index contributed by atoms with van der Waals surface area (Å²) in [6, 6.07) is 22.9. The Morgan fingerprint density at radius 3 is 2.30 bits per heavy atom. The first-order valence-corrected chi connectivity index (χ1v) is 10.3. The number of nitrogens with zero attached hydrogens (tertiary/aromatic N) is 3. The third kappa shape index (κ3) is 2.40. The van der Waals surface area contributed by atoms with Crippen molar-refractivity contribution >= 4 is 5.91 Å². The van der Waals surface area contributed by atoms with Gasteiger partial charge in [-0.3, -0.25) is 9.78 Å². The van der Waals surface area contributed by atoms with Gasteiger partial charge in [-0.2, -0.15) is 0 Å². The average molecular weight is 391 g/mol. The summed E-state index contributed by atoms with van der Waals surface area (Å²) in [6.07, 6.45) is 7.75. The van der Waals surface area contributed by atoms with Crippen LogP contribution in [0.15, 0.2) is 85.3 Å². The standard InChI is InChI=1S/C26H21N3O/c1-28-25(30)24-16-21(18-5-3-2-4-6-18)17-29(24)23-15-20(19-9-13-27-14-10-19)7-8-22(23)26(28)11-12-26/h2-10,13-17H,11-12H2,1H3. The Kier molecular flexibility index (Phi) is 3.54. The molecule has 1 aliphatic carbocycles. The topological polar surface area (TPSA) is 38.1 Å². The Hall–Kier alpha value is -3.66. The van der Waals surface area contributed by atoms with E-state index in [9.17, 15) is 4.79 Å². The highest BCUT2D eigenvalue weighted by Crippen LogP contribution is 2.54. The van der Waals surface area contributed by atoms with Gasteiger partial charge in [-0.25, -0.2) is 0 Å². The lowest BCUT2D eigenvalue weighted by Gasteiger charge is -2.27. The zero-order valence-corrected chi connectivity index (χ0v) is 16.7. The summed E-state index contributed by atoms with van der Waals surface area (Å²) in [7, 11) is 1.95. The number of rotatable bonds is 2. The van der Waals surface area contributed by atoms with Gasteiger partial charge in [0.15, 0.2) is 0 Å². The van der Waals surface area contributed by atoms with E-state index >= 15 is 0 Å². The number of benzene rings is 2. The summed E-state index contributed by atoms with van der Waals surface area (Å²) >= 11 is 0. The van der Waals surface area contributed by atoms with E-state index in [1.807, 2.05) is 60.7 Å². The van der Waals surface area contributed by atoms with E-state index < -0.39 is 0 Å². The summed E-state index contributed by atoms with van der Waals surface area (Å²) in [5.41, 5.74) is 7.27. The van der Waals surface area contributed by atoms with E-state index in [1.54, 1.807) is 0 Å². The molecule has 0 N–H and O–H groups in total. The molecular weight excluding hydrogens is 370 g/mol. The molecule has 30 heavy (non-hydrogen) atoms. The second-order valence-corrected chi connectivity index (χ2v) is 8.21. The molecule has 0 atom stereocenters. The largest absolute Gasteiger partial charge is 0.331 e. The van der Waals surface area contributed by atoms with Gasteiger partial charge in [0.2, 0.25) is 0 Å². The van der Waals surface area contributed by atoms with Crippen molar-refractivity contribution in [3.05, 3.63) is 96.6 Å². The minimum atomic E-state index is -0.185. The van der Waals surface area contributed by atoms with Gasteiger partial charge >= 0.3 is 0 Å². The summed E-state index contributed by atoms with van der Waals surface area (Å²) < 4.78 is 2.09. The van der Waals surface area contributed by atoms with Crippen molar-refractivity contribution in [3.63, 3.8) is 0 Å². The van der Waals surface area contributed by atoms with E-state index in [-0.39, 0.29) is 11.4 Å². The highest BCUT2D eigenvalue weighted by Gasteiger charge is 2.53. The summed E-state index contributed by atoms with van der Waals surface area (Å²) in [5.74, 6) is 0.0799. The number of fused-ring (bicyclic) bond motifs is 4. The second-order valence-electron chi connectivity index (χ2n) is 8.21. The third-order valence-electron chi connectivity index (χ3n) is 6.59. The number of hydrogen-bond acceptors (Lipinski definition) is 2. The van der Waals surface area contributed by atoms with E-state index in [1.165, 1.54) is 5.56 Å².